The maximum absolute atomic E-state index is 11.8. The second-order valence-corrected chi connectivity index (χ2v) is 8.52. The molecule has 2 fully saturated rings. The molecule has 4 nitrogen and oxygen atoms in total. The van der Waals surface area contributed by atoms with Gasteiger partial charge in [-0.05, 0) is 71.1 Å². The summed E-state index contributed by atoms with van der Waals surface area (Å²) < 4.78 is 5.34. The van der Waals surface area contributed by atoms with Gasteiger partial charge < -0.3 is 15.4 Å². The Labute approximate surface area is 135 Å². The number of carbonyl (C=O) groups is 1. The number of hydrogen-bond donors (Lipinski definition) is 2. The lowest BCUT2D eigenvalue weighted by Gasteiger charge is -2.35. The van der Waals surface area contributed by atoms with Crippen LogP contribution in [0, 0.1) is 11.8 Å². The summed E-state index contributed by atoms with van der Waals surface area (Å²) in [6.45, 7) is 10.4. The fourth-order valence-corrected chi connectivity index (χ4v) is 3.95. The van der Waals surface area contributed by atoms with Gasteiger partial charge in [-0.25, -0.2) is 4.79 Å². The molecule has 5 unspecified atom stereocenters. The Balaban J connectivity index is 1.72. The number of nitrogens with one attached hydrogen (secondary N) is 2. The third kappa shape index (κ3) is 5.45. The second-order valence-electron chi connectivity index (χ2n) is 8.52. The Morgan fingerprint density at radius 2 is 1.68 bits per heavy atom. The number of alkyl carbamates (subject to hydrolysis) is 1. The monoisotopic (exact) mass is 310 g/mol. The first-order chi connectivity index (χ1) is 10.2. The molecular formula is C18H34N2O2. The van der Waals surface area contributed by atoms with Crippen molar-refractivity contribution in [3.05, 3.63) is 0 Å². The van der Waals surface area contributed by atoms with Gasteiger partial charge in [0.15, 0.2) is 0 Å². The average Bonchev–Trinajstić information content (AvgIpc) is 2.77. The molecule has 2 rings (SSSR count). The molecule has 0 aliphatic heterocycles. The summed E-state index contributed by atoms with van der Waals surface area (Å²) >= 11 is 0. The van der Waals surface area contributed by atoms with Crippen LogP contribution in [0.25, 0.3) is 0 Å². The lowest BCUT2D eigenvalue weighted by Crippen LogP contribution is -2.45. The molecular weight excluding hydrogens is 276 g/mol. The average molecular weight is 310 g/mol. The van der Waals surface area contributed by atoms with Crippen LogP contribution in [-0.4, -0.2) is 29.8 Å². The third-order valence-electron chi connectivity index (χ3n) is 5.03. The van der Waals surface area contributed by atoms with Crippen molar-refractivity contribution in [3.63, 3.8) is 0 Å². The molecule has 0 saturated heterocycles. The van der Waals surface area contributed by atoms with E-state index < -0.39 is 5.60 Å². The van der Waals surface area contributed by atoms with E-state index in [2.05, 4.69) is 24.5 Å². The zero-order chi connectivity index (χ0) is 16.3. The van der Waals surface area contributed by atoms with Crippen molar-refractivity contribution in [3.8, 4) is 0 Å². The normalized spacial score (nSPS) is 36.1. The molecule has 0 radical (unpaired) electrons. The van der Waals surface area contributed by atoms with Gasteiger partial charge in [-0.2, -0.15) is 0 Å². The number of amides is 1. The summed E-state index contributed by atoms with van der Waals surface area (Å²) in [5, 5.41) is 6.87. The number of ether oxygens (including phenoxy) is 1. The van der Waals surface area contributed by atoms with Crippen molar-refractivity contribution < 1.29 is 9.53 Å². The molecule has 5 atom stereocenters. The van der Waals surface area contributed by atoms with Crippen molar-refractivity contribution in [1.29, 1.82) is 0 Å². The summed E-state index contributed by atoms with van der Waals surface area (Å²) in [5.41, 5.74) is -0.422. The lowest BCUT2D eigenvalue weighted by molar-refractivity contribution is 0.0505. The predicted octanol–water partition coefficient (Wildman–Crippen LogP) is 3.85. The minimum atomic E-state index is -0.422. The van der Waals surface area contributed by atoms with E-state index in [1.807, 2.05) is 20.8 Å². The van der Waals surface area contributed by atoms with Crippen LogP contribution in [0.4, 0.5) is 4.79 Å². The maximum Gasteiger partial charge on any atom is 0.407 e. The van der Waals surface area contributed by atoms with Gasteiger partial charge in [0.25, 0.3) is 0 Å². The molecule has 1 amide bonds. The topological polar surface area (TPSA) is 50.4 Å². The molecule has 128 valence electrons. The molecule has 0 bridgehead atoms. The molecule has 0 aromatic heterocycles. The van der Waals surface area contributed by atoms with Crippen molar-refractivity contribution in [1.82, 2.24) is 10.6 Å². The minimum Gasteiger partial charge on any atom is -0.444 e. The number of hydrogen-bond acceptors (Lipinski definition) is 3. The second kappa shape index (κ2) is 7.20. The lowest BCUT2D eigenvalue weighted by atomic mass is 9.79. The van der Waals surface area contributed by atoms with Gasteiger partial charge in [0.2, 0.25) is 0 Å². The summed E-state index contributed by atoms with van der Waals surface area (Å²) in [4.78, 5) is 11.8. The Bertz CT molecular complexity index is 378. The summed E-state index contributed by atoms with van der Waals surface area (Å²) in [6.07, 6.45) is 6.92. The highest BCUT2D eigenvalue weighted by Crippen LogP contribution is 2.30. The van der Waals surface area contributed by atoms with Gasteiger partial charge >= 0.3 is 6.09 Å². The van der Waals surface area contributed by atoms with E-state index in [0.717, 1.165) is 31.1 Å². The highest BCUT2D eigenvalue weighted by molar-refractivity contribution is 5.68. The van der Waals surface area contributed by atoms with Crippen LogP contribution in [0.1, 0.15) is 73.1 Å². The van der Waals surface area contributed by atoms with E-state index in [-0.39, 0.29) is 12.1 Å². The molecule has 0 spiro atoms. The first-order valence-electron chi connectivity index (χ1n) is 8.98. The molecule has 4 heteroatoms. The van der Waals surface area contributed by atoms with Gasteiger partial charge in [0, 0.05) is 18.1 Å². The number of carbonyl (C=O) groups excluding carboxylic acids is 1. The zero-order valence-corrected chi connectivity index (χ0v) is 14.9. The molecule has 0 aromatic rings. The predicted molar refractivity (Wildman–Crippen MR) is 89.9 cm³/mol. The molecule has 22 heavy (non-hydrogen) atoms. The third-order valence-corrected chi connectivity index (χ3v) is 5.03. The summed E-state index contributed by atoms with van der Waals surface area (Å²) in [6, 6.07) is 1.45. The molecule has 0 aromatic carbocycles. The van der Waals surface area contributed by atoms with Crippen LogP contribution in [0.2, 0.25) is 0 Å². The highest BCUT2D eigenvalue weighted by atomic mass is 16.6. The Hall–Kier alpha value is -0.770. The molecule has 2 saturated carbocycles. The van der Waals surface area contributed by atoms with Crippen molar-refractivity contribution in [2.75, 3.05) is 0 Å². The smallest absolute Gasteiger partial charge is 0.407 e. The van der Waals surface area contributed by atoms with Crippen molar-refractivity contribution >= 4 is 6.09 Å². The SMILES string of the molecule is CC1CCC(NC2CCC(NC(=O)OC(C)(C)C)C2)C(C)C1. The largest absolute Gasteiger partial charge is 0.444 e. The molecule has 2 aliphatic carbocycles. The van der Waals surface area contributed by atoms with Crippen LogP contribution in [0.15, 0.2) is 0 Å². The summed E-state index contributed by atoms with van der Waals surface area (Å²) in [5.74, 6) is 1.64. The van der Waals surface area contributed by atoms with E-state index in [1.165, 1.54) is 19.3 Å². The quantitative estimate of drug-likeness (QED) is 0.832. The van der Waals surface area contributed by atoms with E-state index in [0.29, 0.717) is 12.1 Å². The molecule has 2 aliphatic rings. The maximum atomic E-state index is 11.8. The van der Waals surface area contributed by atoms with Crippen molar-refractivity contribution in [2.24, 2.45) is 11.8 Å². The zero-order valence-electron chi connectivity index (χ0n) is 14.9. The van der Waals surface area contributed by atoms with Crippen molar-refractivity contribution in [2.45, 2.75) is 96.9 Å². The van der Waals surface area contributed by atoms with Crippen LogP contribution in [-0.2, 0) is 4.74 Å². The Morgan fingerprint density at radius 3 is 2.32 bits per heavy atom. The summed E-state index contributed by atoms with van der Waals surface area (Å²) in [7, 11) is 0. The van der Waals surface area contributed by atoms with Crippen LogP contribution in [0.3, 0.4) is 0 Å². The van der Waals surface area contributed by atoms with Crippen LogP contribution in [0.5, 0.6) is 0 Å². The van der Waals surface area contributed by atoms with E-state index in [4.69, 9.17) is 4.74 Å². The first kappa shape index (κ1) is 17.6. The van der Waals surface area contributed by atoms with E-state index >= 15 is 0 Å². The van der Waals surface area contributed by atoms with Gasteiger partial charge in [-0.1, -0.05) is 13.8 Å². The van der Waals surface area contributed by atoms with E-state index in [1.54, 1.807) is 0 Å². The first-order valence-corrected chi connectivity index (χ1v) is 8.98. The van der Waals surface area contributed by atoms with Crippen LogP contribution < -0.4 is 10.6 Å². The van der Waals surface area contributed by atoms with E-state index in [9.17, 15) is 4.79 Å². The van der Waals surface area contributed by atoms with Crippen LogP contribution >= 0.6 is 0 Å². The highest BCUT2D eigenvalue weighted by Gasteiger charge is 2.32. The molecule has 2 N–H and O–H groups in total. The Kier molecular flexibility index (Phi) is 5.76. The standard InChI is InChI=1S/C18H34N2O2/c1-12-6-9-16(13(2)10-12)19-14-7-8-15(11-14)20-17(21)22-18(3,4)5/h12-16,19H,6-11H2,1-5H3,(H,20,21). The minimum absolute atomic E-state index is 0.255. The molecule has 0 heterocycles. The fraction of sp³-hybridized carbons (Fsp3) is 0.944. The van der Waals surface area contributed by atoms with Gasteiger partial charge in [-0.3, -0.25) is 0 Å². The van der Waals surface area contributed by atoms with Gasteiger partial charge in [0.05, 0.1) is 0 Å². The Morgan fingerprint density at radius 1 is 1.00 bits per heavy atom. The number of rotatable bonds is 3. The van der Waals surface area contributed by atoms with Gasteiger partial charge in [-0.15, -0.1) is 0 Å². The fourth-order valence-electron chi connectivity index (χ4n) is 3.95. The van der Waals surface area contributed by atoms with Gasteiger partial charge in [0.1, 0.15) is 5.60 Å².